The number of hydrogen-bond acceptors (Lipinski definition) is 6. The molecule has 0 saturated carbocycles. The molecule has 2 amide bonds. The van der Waals surface area contributed by atoms with Gasteiger partial charge in [-0.2, -0.15) is 0 Å². The number of ether oxygens (including phenoxy) is 1. The summed E-state index contributed by atoms with van der Waals surface area (Å²) in [5.74, 6) is -1.17. The lowest BCUT2D eigenvalue weighted by Crippen LogP contribution is -2.30. The van der Waals surface area contributed by atoms with Crippen LogP contribution < -0.4 is 5.32 Å². The van der Waals surface area contributed by atoms with Crippen LogP contribution in [0.2, 0.25) is 0 Å². The maximum atomic E-state index is 12.8. The molecule has 7 nitrogen and oxygen atoms in total. The molecule has 27 heavy (non-hydrogen) atoms. The Morgan fingerprint density at radius 3 is 2.78 bits per heavy atom. The number of amides is 2. The molecule has 0 aliphatic carbocycles. The average molecular weight is 387 g/mol. The molecule has 0 unspecified atom stereocenters. The van der Waals surface area contributed by atoms with E-state index >= 15 is 0 Å². The Morgan fingerprint density at radius 1 is 1.33 bits per heavy atom. The molecule has 8 heteroatoms. The molecule has 1 aliphatic rings. The minimum atomic E-state index is -0.498. The van der Waals surface area contributed by atoms with Crippen LogP contribution in [0.1, 0.15) is 30.6 Å². The van der Waals surface area contributed by atoms with E-state index < -0.39 is 5.92 Å². The molecule has 1 saturated heterocycles. The molecule has 0 radical (unpaired) electrons. The van der Waals surface area contributed by atoms with E-state index in [9.17, 15) is 14.4 Å². The van der Waals surface area contributed by atoms with Gasteiger partial charge >= 0.3 is 5.97 Å². The van der Waals surface area contributed by atoms with Crippen LogP contribution in [0.25, 0.3) is 0 Å². The number of carbonyl (C=O) groups excluding carboxylic acids is 3. The van der Waals surface area contributed by atoms with Crippen molar-refractivity contribution in [2.24, 2.45) is 5.92 Å². The molecule has 1 aliphatic heterocycles. The minimum absolute atomic E-state index is 0.0638. The molecule has 0 bridgehead atoms. The van der Waals surface area contributed by atoms with Crippen molar-refractivity contribution in [2.75, 3.05) is 19.0 Å². The van der Waals surface area contributed by atoms with Gasteiger partial charge < -0.3 is 15.0 Å². The topological polar surface area (TPSA) is 88.6 Å². The van der Waals surface area contributed by atoms with Crippen molar-refractivity contribution in [1.82, 2.24) is 9.88 Å². The first-order chi connectivity index (χ1) is 13.0. The number of nitrogens with one attached hydrogen (secondary N) is 1. The third-order valence-corrected chi connectivity index (χ3v) is 5.28. The Kier molecular flexibility index (Phi) is 5.85. The average Bonchev–Trinajstić information content (AvgIpc) is 3.20. The highest BCUT2D eigenvalue weighted by atomic mass is 32.1. The standard InChI is InChI=1S/C19H21N3O4S/c1-3-26-16(24)9-13-11-27-19(20-13)21-18(25)14-10-15(23)22(2)17(14)12-7-5-4-6-8-12/h4-8,11,14,17H,3,9-10H2,1-2H3,(H,20,21,25)/t14-,17-/m1/s1. The zero-order valence-electron chi connectivity index (χ0n) is 15.2. The molecule has 1 fully saturated rings. The molecule has 142 valence electrons. The number of hydrogen-bond donors (Lipinski definition) is 1. The largest absolute Gasteiger partial charge is 0.466 e. The number of likely N-dealkylation sites (tertiary alicyclic amines) is 1. The predicted octanol–water partition coefficient (Wildman–Crippen LogP) is 2.41. The van der Waals surface area contributed by atoms with E-state index in [1.165, 1.54) is 11.3 Å². The van der Waals surface area contributed by atoms with E-state index in [1.54, 1.807) is 24.3 Å². The Bertz CT molecular complexity index is 836. The first kappa shape index (κ1) is 19.0. The normalized spacial score (nSPS) is 19.2. The van der Waals surface area contributed by atoms with Crippen molar-refractivity contribution in [3.63, 3.8) is 0 Å². The highest BCUT2D eigenvalue weighted by Crippen LogP contribution is 2.37. The number of anilines is 1. The van der Waals surface area contributed by atoms with Crippen LogP contribution >= 0.6 is 11.3 Å². The number of aromatic nitrogens is 1. The van der Waals surface area contributed by atoms with Gasteiger partial charge in [-0.1, -0.05) is 30.3 Å². The van der Waals surface area contributed by atoms with Crippen LogP contribution in [0, 0.1) is 5.92 Å². The Labute approximate surface area is 161 Å². The van der Waals surface area contributed by atoms with Gasteiger partial charge in [-0.05, 0) is 12.5 Å². The van der Waals surface area contributed by atoms with Gasteiger partial charge in [0.2, 0.25) is 11.8 Å². The molecule has 2 atom stereocenters. The summed E-state index contributed by atoms with van der Waals surface area (Å²) in [6.07, 6.45) is 0.223. The molecule has 0 spiro atoms. The lowest BCUT2D eigenvalue weighted by molar-refractivity contribution is -0.142. The zero-order valence-corrected chi connectivity index (χ0v) is 16.0. The monoisotopic (exact) mass is 387 g/mol. The fraction of sp³-hybridized carbons (Fsp3) is 0.368. The summed E-state index contributed by atoms with van der Waals surface area (Å²) in [6.45, 7) is 2.06. The molecular weight excluding hydrogens is 366 g/mol. The maximum Gasteiger partial charge on any atom is 0.311 e. The van der Waals surface area contributed by atoms with Crippen LogP contribution in [-0.2, 0) is 25.5 Å². The molecule has 3 rings (SSSR count). The van der Waals surface area contributed by atoms with Crippen LogP contribution in [0.4, 0.5) is 5.13 Å². The van der Waals surface area contributed by atoms with Gasteiger partial charge in [0.1, 0.15) is 0 Å². The summed E-state index contributed by atoms with van der Waals surface area (Å²) in [7, 11) is 1.72. The lowest BCUT2D eigenvalue weighted by atomic mass is 9.93. The quantitative estimate of drug-likeness (QED) is 0.769. The molecular formula is C19H21N3O4S. The van der Waals surface area contributed by atoms with Crippen LogP contribution in [0.3, 0.4) is 0 Å². The summed E-state index contributed by atoms with van der Waals surface area (Å²) < 4.78 is 4.90. The van der Waals surface area contributed by atoms with E-state index in [1.807, 2.05) is 30.3 Å². The molecule has 2 heterocycles. The fourth-order valence-corrected chi connectivity index (χ4v) is 3.93. The molecule has 1 aromatic heterocycles. The van der Waals surface area contributed by atoms with Crippen LogP contribution in [0.15, 0.2) is 35.7 Å². The number of nitrogens with zero attached hydrogens (tertiary/aromatic N) is 2. The smallest absolute Gasteiger partial charge is 0.311 e. The Balaban J connectivity index is 1.70. The third kappa shape index (κ3) is 4.33. The van der Waals surface area contributed by atoms with Gasteiger partial charge in [0.15, 0.2) is 5.13 Å². The molecule has 1 N–H and O–H groups in total. The third-order valence-electron chi connectivity index (χ3n) is 4.48. The summed E-state index contributed by atoms with van der Waals surface area (Å²) in [6, 6.07) is 9.21. The zero-order chi connectivity index (χ0) is 19.4. The van der Waals surface area contributed by atoms with E-state index in [0.29, 0.717) is 17.4 Å². The van der Waals surface area contributed by atoms with E-state index in [4.69, 9.17) is 4.74 Å². The summed E-state index contributed by atoms with van der Waals surface area (Å²) in [5, 5.41) is 4.91. The van der Waals surface area contributed by atoms with Crippen LogP contribution in [0.5, 0.6) is 0 Å². The summed E-state index contributed by atoms with van der Waals surface area (Å²) >= 11 is 1.25. The summed E-state index contributed by atoms with van der Waals surface area (Å²) in [5.41, 5.74) is 1.47. The van der Waals surface area contributed by atoms with Gasteiger partial charge in [-0.25, -0.2) is 4.98 Å². The number of thiazole rings is 1. The van der Waals surface area contributed by atoms with Gasteiger partial charge in [0.05, 0.1) is 30.7 Å². The van der Waals surface area contributed by atoms with Crippen molar-refractivity contribution in [3.8, 4) is 0 Å². The van der Waals surface area contributed by atoms with Crippen molar-refractivity contribution in [3.05, 3.63) is 47.0 Å². The first-order valence-corrected chi connectivity index (χ1v) is 9.59. The second kappa shape index (κ2) is 8.30. The second-order valence-corrected chi connectivity index (χ2v) is 7.14. The molecule has 2 aromatic rings. The second-order valence-electron chi connectivity index (χ2n) is 6.29. The van der Waals surface area contributed by atoms with Crippen molar-refractivity contribution >= 4 is 34.3 Å². The van der Waals surface area contributed by atoms with Crippen molar-refractivity contribution < 1.29 is 19.1 Å². The highest BCUT2D eigenvalue weighted by molar-refractivity contribution is 7.13. The number of rotatable bonds is 6. The maximum absolute atomic E-state index is 12.8. The van der Waals surface area contributed by atoms with Crippen molar-refractivity contribution in [2.45, 2.75) is 25.8 Å². The van der Waals surface area contributed by atoms with Gasteiger partial charge in [0.25, 0.3) is 0 Å². The highest BCUT2D eigenvalue weighted by Gasteiger charge is 2.42. The Morgan fingerprint density at radius 2 is 2.07 bits per heavy atom. The number of benzene rings is 1. The van der Waals surface area contributed by atoms with E-state index in [2.05, 4.69) is 10.3 Å². The van der Waals surface area contributed by atoms with E-state index in [-0.39, 0.29) is 36.7 Å². The van der Waals surface area contributed by atoms with Crippen molar-refractivity contribution in [1.29, 1.82) is 0 Å². The van der Waals surface area contributed by atoms with E-state index in [0.717, 1.165) is 5.56 Å². The van der Waals surface area contributed by atoms with Gasteiger partial charge in [0, 0.05) is 18.8 Å². The van der Waals surface area contributed by atoms with Crippen LogP contribution in [-0.4, -0.2) is 41.3 Å². The number of carbonyl (C=O) groups is 3. The minimum Gasteiger partial charge on any atom is -0.466 e. The number of esters is 1. The fourth-order valence-electron chi connectivity index (χ4n) is 3.21. The van der Waals surface area contributed by atoms with Gasteiger partial charge in [-0.15, -0.1) is 11.3 Å². The lowest BCUT2D eigenvalue weighted by Gasteiger charge is -2.24. The predicted molar refractivity (Wildman–Crippen MR) is 101 cm³/mol. The SMILES string of the molecule is CCOC(=O)Cc1csc(NC(=O)[C@@H]2CC(=O)N(C)[C@@H]2c2ccccc2)n1. The Hall–Kier alpha value is -2.74. The first-order valence-electron chi connectivity index (χ1n) is 8.71. The van der Waals surface area contributed by atoms with Gasteiger partial charge in [-0.3, -0.25) is 14.4 Å². The molecule has 1 aromatic carbocycles. The summed E-state index contributed by atoms with van der Waals surface area (Å²) in [4.78, 5) is 42.4.